The summed E-state index contributed by atoms with van der Waals surface area (Å²) in [6, 6.07) is 12.8. The van der Waals surface area contributed by atoms with Crippen LogP contribution in [0, 0.1) is 0 Å². The van der Waals surface area contributed by atoms with Crippen LogP contribution in [0.3, 0.4) is 0 Å². The lowest BCUT2D eigenvalue weighted by Crippen LogP contribution is -2.43. The average Bonchev–Trinajstić information content (AvgIpc) is 3.09. The molecule has 1 fully saturated rings. The third kappa shape index (κ3) is 2.66. The van der Waals surface area contributed by atoms with E-state index in [9.17, 15) is 5.11 Å². The van der Waals surface area contributed by atoms with E-state index in [0.717, 1.165) is 19.5 Å². The first-order valence-corrected chi connectivity index (χ1v) is 8.08. The topological polar surface area (TPSA) is 23.5 Å². The van der Waals surface area contributed by atoms with Crippen LogP contribution in [0.1, 0.15) is 24.6 Å². The van der Waals surface area contributed by atoms with E-state index in [0.29, 0.717) is 0 Å². The van der Waals surface area contributed by atoms with Gasteiger partial charge in [-0.3, -0.25) is 4.90 Å². The molecule has 0 aliphatic carbocycles. The van der Waals surface area contributed by atoms with Crippen LogP contribution in [0.5, 0.6) is 0 Å². The lowest BCUT2D eigenvalue weighted by molar-refractivity contribution is 0.0742. The zero-order chi connectivity index (χ0) is 14.0. The molecule has 1 atom stereocenters. The van der Waals surface area contributed by atoms with Crippen molar-refractivity contribution in [3.05, 3.63) is 46.7 Å². The summed E-state index contributed by atoms with van der Waals surface area (Å²) in [6.45, 7) is 4.47. The Balaban J connectivity index is 1.75. The SMILES string of the molecule is C[C@@]1(CO)CCCN1Cc1cc(-c2ccccc2)cs1. The Kier molecular flexibility index (Phi) is 3.92. The number of aliphatic hydroxyl groups is 1. The van der Waals surface area contributed by atoms with Crippen LogP contribution in [0.15, 0.2) is 41.8 Å². The molecule has 1 aliphatic heterocycles. The molecule has 2 heterocycles. The number of benzene rings is 1. The molecule has 2 nitrogen and oxygen atoms in total. The minimum atomic E-state index is -0.0309. The van der Waals surface area contributed by atoms with E-state index in [1.807, 2.05) is 17.4 Å². The van der Waals surface area contributed by atoms with Crippen molar-refractivity contribution >= 4 is 11.3 Å². The number of likely N-dealkylation sites (tertiary alicyclic amines) is 1. The summed E-state index contributed by atoms with van der Waals surface area (Å²) in [5.74, 6) is 0. The monoisotopic (exact) mass is 287 g/mol. The highest BCUT2D eigenvalue weighted by molar-refractivity contribution is 7.10. The molecule has 1 aromatic heterocycles. The molecule has 20 heavy (non-hydrogen) atoms. The van der Waals surface area contributed by atoms with E-state index < -0.39 is 0 Å². The summed E-state index contributed by atoms with van der Waals surface area (Å²) in [7, 11) is 0. The second-order valence-corrected chi connectivity index (χ2v) is 6.84. The van der Waals surface area contributed by atoms with Crippen LogP contribution in [-0.2, 0) is 6.54 Å². The molecule has 1 aromatic carbocycles. The molecular formula is C17H21NOS. The molecule has 3 heteroatoms. The molecule has 0 saturated carbocycles. The van der Waals surface area contributed by atoms with Gasteiger partial charge in [0, 0.05) is 17.0 Å². The van der Waals surface area contributed by atoms with Crippen LogP contribution in [0.25, 0.3) is 11.1 Å². The Morgan fingerprint density at radius 1 is 1.25 bits per heavy atom. The minimum absolute atomic E-state index is 0.0309. The quantitative estimate of drug-likeness (QED) is 0.925. The number of nitrogens with zero attached hydrogens (tertiary/aromatic N) is 1. The second kappa shape index (κ2) is 5.68. The van der Waals surface area contributed by atoms with Gasteiger partial charge in [0.2, 0.25) is 0 Å². The van der Waals surface area contributed by atoms with Crippen molar-refractivity contribution in [3.8, 4) is 11.1 Å². The van der Waals surface area contributed by atoms with Gasteiger partial charge in [-0.1, -0.05) is 30.3 Å². The molecule has 106 valence electrons. The highest BCUT2D eigenvalue weighted by atomic mass is 32.1. The van der Waals surface area contributed by atoms with E-state index in [2.05, 4.69) is 47.5 Å². The fourth-order valence-electron chi connectivity index (χ4n) is 2.96. The van der Waals surface area contributed by atoms with Crippen molar-refractivity contribution in [2.75, 3.05) is 13.2 Å². The highest BCUT2D eigenvalue weighted by Gasteiger charge is 2.35. The van der Waals surface area contributed by atoms with Gasteiger partial charge in [-0.25, -0.2) is 0 Å². The van der Waals surface area contributed by atoms with Gasteiger partial charge < -0.3 is 5.11 Å². The van der Waals surface area contributed by atoms with Crippen LogP contribution >= 0.6 is 11.3 Å². The Hall–Kier alpha value is -1.16. The maximum Gasteiger partial charge on any atom is 0.0612 e. The third-order valence-electron chi connectivity index (χ3n) is 4.36. The summed E-state index contributed by atoms with van der Waals surface area (Å²) >= 11 is 1.82. The second-order valence-electron chi connectivity index (χ2n) is 5.85. The van der Waals surface area contributed by atoms with Crippen LogP contribution in [-0.4, -0.2) is 28.7 Å². The average molecular weight is 287 g/mol. The Morgan fingerprint density at radius 2 is 2.05 bits per heavy atom. The summed E-state index contributed by atoms with van der Waals surface area (Å²) in [6.07, 6.45) is 2.29. The Morgan fingerprint density at radius 3 is 2.80 bits per heavy atom. The predicted octanol–water partition coefficient (Wildman–Crippen LogP) is 3.76. The van der Waals surface area contributed by atoms with Gasteiger partial charge in [-0.15, -0.1) is 11.3 Å². The maximum absolute atomic E-state index is 9.62. The minimum Gasteiger partial charge on any atom is -0.394 e. The van der Waals surface area contributed by atoms with Crippen molar-refractivity contribution in [3.63, 3.8) is 0 Å². The first-order valence-electron chi connectivity index (χ1n) is 7.20. The van der Waals surface area contributed by atoms with E-state index in [4.69, 9.17) is 0 Å². The zero-order valence-corrected chi connectivity index (χ0v) is 12.7. The zero-order valence-electron chi connectivity index (χ0n) is 11.9. The first-order chi connectivity index (χ1) is 9.71. The molecule has 0 radical (unpaired) electrons. The van der Waals surface area contributed by atoms with Gasteiger partial charge in [0.25, 0.3) is 0 Å². The molecule has 0 amide bonds. The molecule has 0 bridgehead atoms. The Labute approximate surface area is 124 Å². The van der Waals surface area contributed by atoms with E-state index in [-0.39, 0.29) is 12.1 Å². The van der Waals surface area contributed by atoms with Crippen molar-refractivity contribution in [2.45, 2.75) is 31.8 Å². The molecule has 1 aliphatic rings. The number of thiophene rings is 1. The molecule has 1 saturated heterocycles. The third-order valence-corrected chi connectivity index (χ3v) is 5.28. The van der Waals surface area contributed by atoms with Crippen molar-refractivity contribution < 1.29 is 5.11 Å². The van der Waals surface area contributed by atoms with E-state index in [1.165, 1.54) is 22.4 Å². The molecule has 3 rings (SSSR count). The van der Waals surface area contributed by atoms with Crippen LogP contribution in [0.4, 0.5) is 0 Å². The smallest absolute Gasteiger partial charge is 0.0612 e. The van der Waals surface area contributed by atoms with Gasteiger partial charge >= 0.3 is 0 Å². The van der Waals surface area contributed by atoms with Crippen molar-refractivity contribution in [1.29, 1.82) is 0 Å². The fraction of sp³-hybridized carbons (Fsp3) is 0.412. The van der Waals surface area contributed by atoms with Gasteiger partial charge in [-0.2, -0.15) is 0 Å². The van der Waals surface area contributed by atoms with Crippen LogP contribution < -0.4 is 0 Å². The summed E-state index contributed by atoms with van der Waals surface area (Å²) in [5.41, 5.74) is 2.55. The Bertz CT molecular complexity index is 565. The van der Waals surface area contributed by atoms with Gasteiger partial charge in [0.05, 0.1) is 6.61 Å². The molecule has 0 spiro atoms. The van der Waals surface area contributed by atoms with Crippen LogP contribution in [0.2, 0.25) is 0 Å². The maximum atomic E-state index is 9.62. The number of hydrogen-bond donors (Lipinski definition) is 1. The molecular weight excluding hydrogens is 266 g/mol. The van der Waals surface area contributed by atoms with E-state index in [1.54, 1.807) is 0 Å². The fourth-order valence-corrected chi connectivity index (χ4v) is 3.87. The van der Waals surface area contributed by atoms with E-state index >= 15 is 0 Å². The predicted molar refractivity (Wildman–Crippen MR) is 84.9 cm³/mol. The standard InChI is InChI=1S/C17H21NOS/c1-17(13-19)8-5-9-18(17)11-16-10-15(12-20-16)14-6-3-2-4-7-14/h2-4,6-7,10,12,19H,5,8-9,11,13H2,1H3/t17-/m0/s1. The number of aliphatic hydroxyl groups excluding tert-OH is 1. The highest BCUT2D eigenvalue weighted by Crippen LogP contribution is 2.32. The van der Waals surface area contributed by atoms with Gasteiger partial charge in [-0.05, 0) is 48.9 Å². The molecule has 2 aromatic rings. The first kappa shape index (κ1) is 13.8. The van der Waals surface area contributed by atoms with Gasteiger partial charge in [0.1, 0.15) is 0 Å². The summed E-state index contributed by atoms with van der Waals surface area (Å²) in [4.78, 5) is 3.80. The number of hydrogen-bond acceptors (Lipinski definition) is 3. The van der Waals surface area contributed by atoms with Gasteiger partial charge in [0.15, 0.2) is 0 Å². The molecule has 1 N–H and O–H groups in total. The summed E-state index contributed by atoms with van der Waals surface area (Å²) < 4.78 is 0. The molecule has 0 unspecified atom stereocenters. The lowest BCUT2D eigenvalue weighted by atomic mass is 10.0. The normalized spacial score (nSPS) is 23.3. The largest absolute Gasteiger partial charge is 0.394 e. The summed E-state index contributed by atoms with van der Waals surface area (Å²) in [5, 5.41) is 11.9. The van der Waals surface area contributed by atoms with Crippen molar-refractivity contribution in [1.82, 2.24) is 4.90 Å². The number of rotatable bonds is 4. The lowest BCUT2D eigenvalue weighted by Gasteiger charge is -2.33. The van der Waals surface area contributed by atoms with Crippen molar-refractivity contribution in [2.24, 2.45) is 0 Å².